The Balaban J connectivity index is 1.65. The van der Waals surface area contributed by atoms with Gasteiger partial charge >= 0.3 is 0 Å². The molecule has 1 heterocycles. The Morgan fingerprint density at radius 2 is 1.59 bits per heavy atom. The summed E-state index contributed by atoms with van der Waals surface area (Å²) in [5, 5.41) is 0. The summed E-state index contributed by atoms with van der Waals surface area (Å²) in [6.07, 6.45) is 0.971. The van der Waals surface area contributed by atoms with Gasteiger partial charge in [-0.05, 0) is 31.0 Å². The van der Waals surface area contributed by atoms with Crippen molar-refractivity contribution in [3.63, 3.8) is 0 Å². The van der Waals surface area contributed by atoms with E-state index in [-0.39, 0.29) is 5.91 Å². The second-order valence-electron chi connectivity index (χ2n) is 7.01. The zero-order valence-corrected chi connectivity index (χ0v) is 16.4. The third-order valence-electron chi connectivity index (χ3n) is 5.00. The highest BCUT2D eigenvalue weighted by Gasteiger charge is 2.21. The number of nitrogens with zero attached hydrogens (tertiary/aromatic N) is 2. The highest BCUT2D eigenvalue weighted by atomic mass is 16.5. The molecule has 1 amide bonds. The van der Waals surface area contributed by atoms with Gasteiger partial charge in [0.05, 0.1) is 14.2 Å². The Kier molecular flexibility index (Phi) is 6.35. The van der Waals surface area contributed by atoms with E-state index < -0.39 is 0 Å². The molecule has 1 aliphatic rings. The highest BCUT2D eigenvalue weighted by molar-refractivity contribution is 5.95. The third kappa shape index (κ3) is 5.01. The summed E-state index contributed by atoms with van der Waals surface area (Å²) in [6.45, 7) is 6.40. The number of amides is 1. The Labute approximate surface area is 161 Å². The molecule has 2 aromatic carbocycles. The SMILES string of the molecule is COc1cc(OC)cc(C(=O)N2CCCN(Cc3ccc(C)cc3)CC2)c1. The third-order valence-corrected chi connectivity index (χ3v) is 5.00. The lowest BCUT2D eigenvalue weighted by molar-refractivity contribution is 0.0760. The number of aryl methyl sites for hydroxylation is 1. The minimum atomic E-state index is 0.0318. The van der Waals surface area contributed by atoms with Crippen molar-refractivity contribution in [3.8, 4) is 11.5 Å². The van der Waals surface area contributed by atoms with Crippen molar-refractivity contribution in [1.29, 1.82) is 0 Å². The van der Waals surface area contributed by atoms with E-state index in [2.05, 4.69) is 36.1 Å². The van der Waals surface area contributed by atoms with Gasteiger partial charge in [0.2, 0.25) is 0 Å². The molecule has 0 bridgehead atoms. The summed E-state index contributed by atoms with van der Waals surface area (Å²) in [5.41, 5.74) is 3.20. The summed E-state index contributed by atoms with van der Waals surface area (Å²) in [5.74, 6) is 1.30. The molecule has 144 valence electrons. The molecule has 3 rings (SSSR count). The molecule has 27 heavy (non-hydrogen) atoms. The lowest BCUT2D eigenvalue weighted by Crippen LogP contribution is -2.35. The van der Waals surface area contributed by atoms with Gasteiger partial charge in [0.25, 0.3) is 5.91 Å². The summed E-state index contributed by atoms with van der Waals surface area (Å²) in [7, 11) is 3.19. The molecule has 1 fully saturated rings. The van der Waals surface area contributed by atoms with Crippen molar-refractivity contribution in [3.05, 3.63) is 59.2 Å². The number of hydrogen-bond donors (Lipinski definition) is 0. The standard InChI is InChI=1S/C22H28N2O3/c1-17-5-7-18(8-6-17)16-23-9-4-10-24(12-11-23)22(25)19-13-20(26-2)15-21(14-19)27-3/h5-8,13-15H,4,9-12,16H2,1-3H3. The minimum absolute atomic E-state index is 0.0318. The van der Waals surface area contributed by atoms with Crippen molar-refractivity contribution in [2.75, 3.05) is 40.4 Å². The van der Waals surface area contributed by atoms with Gasteiger partial charge in [0.15, 0.2) is 0 Å². The Morgan fingerprint density at radius 3 is 2.22 bits per heavy atom. The van der Waals surface area contributed by atoms with Crippen LogP contribution in [0.3, 0.4) is 0 Å². The van der Waals surface area contributed by atoms with E-state index in [9.17, 15) is 4.79 Å². The summed E-state index contributed by atoms with van der Waals surface area (Å²) in [6, 6.07) is 14.0. The van der Waals surface area contributed by atoms with Crippen molar-refractivity contribution >= 4 is 5.91 Å². The average molecular weight is 368 g/mol. The lowest BCUT2D eigenvalue weighted by atomic mass is 10.1. The fourth-order valence-corrected chi connectivity index (χ4v) is 3.40. The first-order valence-corrected chi connectivity index (χ1v) is 9.39. The normalized spacial score (nSPS) is 15.3. The van der Waals surface area contributed by atoms with Crippen LogP contribution in [0.15, 0.2) is 42.5 Å². The van der Waals surface area contributed by atoms with Crippen molar-refractivity contribution < 1.29 is 14.3 Å². The van der Waals surface area contributed by atoms with E-state index in [1.54, 1.807) is 32.4 Å². The number of carbonyl (C=O) groups excluding carboxylic acids is 1. The maximum Gasteiger partial charge on any atom is 0.254 e. The predicted molar refractivity (Wildman–Crippen MR) is 107 cm³/mol. The van der Waals surface area contributed by atoms with Crippen LogP contribution in [0.1, 0.15) is 27.9 Å². The summed E-state index contributed by atoms with van der Waals surface area (Å²) in [4.78, 5) is 17.3. The van der Waals surface area contributed by atoms with E-state index in [4.69, 9.17) is 9.47 Å². The van der Waals surface area contributed by atoms with Crippen LogP contribution in [0.4, 0.5) is 0 Å². The molecule has 0 unspecified atom stereocenters. The summed E-state index contributed by atoms with van der Waals surface area (Å²) < 4.78 is 10.6. The molecule has 5 heteroatoms. The molecular weight excluding hydrogens is 340 g/mol. The molecular formula is C22H28N2O3. The molecule has 0 aliphatic carbocycles. The number of carbonyl (C=O) groups is 1. The number of benzene rings is 2. The minimum Gasteiger partial charge on any atom is -0.497 e. The fourth-order valence-electron chi connectivity index (χ4n) is 3.40. The van der Waals surface area contributed by atoms with E-state index in [1.807, 2.05) is 4.90 Å². The topological polar surface area (TPSA) is 42.0 Å². The molecule has 0 spiro atoms. The molecule has 0 atom stereocenters. The zero-order valence-electron chi connectivity index (χ0n) is 16.4. The van der Waals surface area contributed by atoms with Gasteiger partial charge in [-0.15, -0.1) is 0 Å². The van der Waals surface area contributed by atoms with Crippen molar-refractivity contribution in [1.82, 2.24) is 9.80 Å². The van der Waals surface area contributed by atoms with Crippen LogP contribution in [-0.2, 0) is 6.54 Å². The number of ether oxygens (including phenoxy) is 2. The average Bonchev–Trinajstić information content (AvgIpc) is 2.94. The Hall–Kier alpha value is -2.53. The monoisotopic (exact) mass is 368 g/mol. The van der Waals surface area contributed by atoms with E-state index in [1.165, 1.54) is 11.1 Å². The fraction of sp³-hybridized carbons (Fsp3) is 0.409. The maximum atomic E-state index is 13.0. The van der Waals surface area contributed by atoms with Crippen LogP contribution in [0, 0.1) is 6.92 Å². The highest BCUT2D eigenvalue weighted by Crippen LogP contribution is 2.24. The van der Waals surface area contributed by atoms with Gasteiger partial charge in [-0.3, -0.25) is 9.69 Å². The predicted octanol–water partition coefficient (Wildman–Crippen LogP) is 3.36. The van der Waals surface area contributed by atoms with Gasteiger partial charge in [-0.2, -0.15) is 0 Å². The van der Waals surface area contributed by atoms with Crippen LogP contribution >= 0.6 is 0 Å². The van der Waals surface area contributed by atoms with Gasteiger partial charge < -0.3 is 14.4 Å². The number of rotatable bonds is 5. The smallest absolute Gasteiger partial charge is 0.254 e. The van der Waals surface area contributed by atoms with Gasteiger partial charge in [0, 0.05) is 44.4 Å². The van der Waals surface area contributed by atoms with E-state index >= 15 is 0 Å². The van der Waals surface area contributed by atoms with Crippen molar-refractivity contribution in [2.24, 2.45) is 0 Å². The largest absolute Gasteiger partial charge is 0.497 e. The second-order valence-corrected chi connectivity index (χ2v) is 7.01. The van der Waals surface area contributed by atoms with Crippen LogP contribution in [-0.4, -0.2) is 56.1 Å². The van der Waals surface area contributed by atoms with Gasteiger partial charge in [-0.1, -0.05) is 29.8 Å². The van der Waals surface area contributed by atoms with E-state index in [0.717, 1.165) is 39.1 Å². The molecule has 0 N–H and O–H groups in total. The van der Waals surface area contributed by atoms with Gasteiger partial charge in [0.1, 0.15) is 11.5 Å². The zero-order chi connectivity index (χ0) is 19.2. The van der Waals surface area contributed by atoms with Gasteiger partial charge in [-0.25, -0.2) is 0 Å². The first kappa shape index (κ1) is 19.2. The molecule has 0 radical (unpaired) electrons. The molecule has 1 aliphatic heterocycles. The summed E-state index contributed by atoms with van der Waals surface area (Å²) >= 11 is 0. The first-order valence-electron chi connectivity index (χ1n) is 9.39. The quantitative estimate of drug-likeness (QED) is 0.812. The number of methoxy groups -OCH3 is 2. The molecule has 5 nitrogen and oxygen atoms in total. The van der Waals surface area contributed by atoms with Crippen LogP contribution in [0.2, 0.25) is 0 Å². The Bertz CT molecular complexity index is 751. The molecule has 0 saturated carbocycles. The first-order chi connectivity index (χ1) is 13.1. The molecule has 1 saturated heterocycles. The number of hydrogen-bond acceptors (Lipinski definition) is 4. The van der Waals surface area contributed by atoms with E-state index in [0.29, 0.717) is 17.1 Å². The Morgan fingerprint density at radius 1 is 0.926 bits per heavy atom. The molecule has 0 aromatic heterocycles. The van der Waals surface area contributed by atoms with Crippen LogP contribution < -0.4 is 9.47 Å². The lowest BCUT2D eigenvalue weighted by Gasteiger charge is -2.22. The van der Waals surface area contributed by atoms with Crippen LogP contribution in [0.25, 0.3) is 0 Å². The van der Waals surface area contributed by atoms with Crippen molar-refractivity contribution in [2.45, 2.75) is 19.9 Å². The van der Waals surface area contributed by atoms with Crippen LogP contribution in [0.5, 0.6) is 11.5 Å². The molecule has 2 aromatic rings. The maximum absolute atomic E-state index is 13.0. The second kappa shape index (κ2) is 8.91.